The van der Waals surface area contributed by atoms with Crippen LogP contribution < -0.4 is 5.32 Å². The monoisotopic (exact) mass is 314 g/mol. The van der Waals surface area contributed by atoms with Gasteiger partial charge in [0.25, 0.3) is 0 Å². The summed E-state index contributed by atoms with van der Waals surface area (Å²) in [5, 5.41) is 2.82. The highest BCUT2D eigenvalue weighted by Gasteiger charge is 2.36. The minimum Gasteiger partial charge on any atom is -0.467 e. The molecule has 1 aliphatic rings. The summed E-state index contributed by atoms with van der Waals surface area (Å²) in [5.41, 5.74) is 1.91. The summed E-state index contributed by atoms with van der Waals surface area (Å²) < 4.78 is 10.0. The van der Waals surface area contributed by atoms with Crippen molar-refractivity contribution in [1.82, 2.24) is 10.2 Å². The van der Waals surface area contributed by atoms with E-state index in [0.29, 0.717) is 18.7 Å². The van der Waals surface area contributed by atoms with Crippen molar-refractivity contribution in [3.8, 4) is 0 Å². The van der Waals surface area contributed by atoms with Gasteiger partial charge < -0.3 is 14.5 Å². The smallest absolute Gasteiger partial charge is 0.410 e. The summed E-state index contributed by atoms with van der Waals surface area (Å²) in [4.78, 5) is 26.2. The van der Waals surface area contributed by atoms with Gasteiger partial charge in [-0.15, -0.1) is 0 Å². The van der Waals surface area contributed by atoms with Crippen LogP contribution in [0.3, 0.4) is 0 Å². The lowest BCUT2D eigenvalue weighted by molar-refractivity contribution is -0.126. The van der Waals surface area contributed by atoms with E-state index >= 15 is 0 Å². The van der Waals surface area contributed by atoms with E-state index in [9.17, 15) is 9.59 Å². The maximum absolute atomic E-state index is 12.7. The second-order valence-corrected chi connectivity index (χ2v) is 5.31. The molecular formula is C17H18N2O4. The average molecular weight is 314 g/mol. The van der Waals surface area contributed by atoms with Gasteiger partial charge in [-0.25, -0.2) is 4.79 Å². The first-order chi connectivity index (χ1) is 11.2. The van der Waals surface area contributed by atoms with Crippen LogP contribution in [0.2, 0.25) is 0 Å². The topological polar surface area (TPSA) is 71.8 Å². The van der Waals surface area contributed by atoms with Crippen molar-refractivity contribution in [2.75, 3.05) is 13.7 Å². The molecule has 3 rings (SSSR count). The van der Waals surface area contributed by atoms with E-state index in [1.807, 2.05) is 24.3 Å². The van der Waals surface area contributed by atoms with Crippen molar-refractivity contribution in [2.24, 2.45) is 0 Å². The first-order valence-electron chi connectivity index (χ1n) is 7.43. The molecule has 0 spiro atoms. The van der Waals surface area contributed by atoms with Crippen molar-refractivity contribution >= 4 is 12.0 Å². The molecule has 0 saturated carbocycles. The first-order valence-corrected chi connectivity index (χ1v) is 7.43. The molecule has 0 aliphatic carbocycles. The summed E-state index contributed by atoms with van der Waals surface area (Å²) in [6.45, 7) is 0.724. The number of hydrogen-bond acceptors (Lipinski definition) is 4. The maximum atomic E-state index is 12.7. The van der Waals surface area contributed by atoms with E-state index in [0.717, 1.165) is 11.1 Å². The molecule has 1 atom stereocenters. The Labute approximate surface area is 134 Å². The Bertz CT molecular complexity index is 696. The van der Waals surface area contributed by atoms with Gasteiger partial charge in [-0.1, -0.05) is 24.3 Å². The van der Waals surface area contributed by atoms with Gasteiger partial charge in [-0.2, -0.15) is 0 Å². The fourth-order valence-electron chi connectivity index (χ4n) is 2.85. The van der Waals surface area contributed by atoms with Crippen LogP contribution in [0.5, 0.6) is 0 Å². The number of furan rings is 1. The third kappa shape index (κ3) is 3.06. The van der Waals surface area contributed by atoms with Gasteiger partial charge in [0, 0.05) is 6.54 Å². The van der Waals surface area contributed by atoms with Gasteiger partial charge >= 0.3 is 6.09 Å². The van der Waals surface area contributed by atoms with Crippen LogP contribution in [0.15, 0.2) is 47.1 Å². The molecule has 6 heteroatoms. The van der Waals surface area contributed by atoms with E-state index in [4.69, 9.17) is 9.15 Å². The average Bonchev–Trinajstić information content (AvgIpc) is 3.11. The molecule has 0 fully saturated rings. The number of rotatable bonds is 3. The molecule has 1 aliphatic heterocycles. The molecule has 1 aromatic carbocycles. The summed E-state index contributed by atoms with van der Waals surface area (Å²) in [6, 6.07) is 10.5. The second-order valence-electron chi connectivity index (χ2n) is 5.31. The van der Waals surface area contributed by atoms with Crippen LogP contribution in [-0.4, -0.2) is 30.6 Å². The molecule has 120 valence electrons. The highest BCUT2D eigenvalue weighted by atomic mass is 16.5. The Morgan fingerprint density at radius 2 is 2.13 bits per heavy atom. The molecule has 6 nitrogen and oxygen atoms in total. The van der Waals surface area contributed by atoms with E-state index in [-0.39, 0.29) is 12.5 Å². The number of nitrogens with one attached hydrogen (secondary N) is 1. The standard InChI is InChI=1S/C17H18N2O4/c1-22-17(21)19-9-8-12-5-2-3-7-14(12)15(19)16(20)18-11-13-6-4-10-23-13/h2-7,10,15H,8-9,11H2,1H3,(H,18,20). The van der Waals surface area contributed by atoms with Crippen molar-refractivity contribution in [3.05, 3.63) is 59.5 Å². The van der Waals surface area contributed by atoms with Crippen LogP contribution in [0.4, 0.5) is 4.79 Å². The number of ether oxygens (including phenoxy) is 1. The van der Waals surface area contributed by atoms with Crippen LogP contribution in [-0.2, 0) is 22.5 Å². The Morgan fingerprint density at radius 3 is 2.87 bits per heavy atom. The minimum atomic E-state index is -0.692. The quantitative estimate of drug-likeness (QED) is 0.943. The lowest BCUT2D eigenvalue weighted by Crippen LogP contribution is -2.47. The lowest BCUT2D eigenvalue weighted by atomic mass is 9.92. The summed E-state index contributed by atoms with van der Waals surface area (Å²) >= 11 is 0. The Hall–Kier alpha value is -2.76. The van der Waals surface area contributed by atoms with Gasteiger partial charge in [-0.3, -0.25) is 9.69 Å². The van der Waals surface area contributed by atoms with E-state index < -0.39 is 12.1 Å². The van der Waals surface area contributed by atoms with Crippen LogP contribution in [0.1, 0.15) is 22.9 Å². The highest BCUT2D eigenvalue weighted by molar-refractivity contribution is 5.87. The number of hydrogen-bond donors (Lipinski definition) is 1. The zero-order chi connectivity index (χ0) is 16.2. The summed E-state index contributed by atoms with van der Waals surface area (Å²) in [7, 11) is 1.32. The summed E-state index contributed by atoms with van der Waals surface area (Å²) in [5.74, 6) is 0.408. The normalized spacial score (nSPS) is 16.6. The molecule has 23 heavy (non-hydrogen) atoms. The van der Waals surface area contributed by atoms with E-state index in [2.05, 4.69) is 5.32 Å². The molecule has 0 bridgehead atoms. The zero-order valence-corrected chi connectivity index (χ0v) is 12.8. The van der Waals surface area contributed by atoms with Crippen LogP contribution in [0.25, 0.3) is 0 Å². The number of benzene rings is 1. The van der Waals surface area contributed by atoms with Gasteiger partial charge in [0.2, 0.25) is 5.91 Å². The van der Waals surface area contributed by atoms with Crippen molar-refractivity contribution in [3.63, 3.8) is 0 Å². The fourth-order valence-corrected chi connectivity index (χ4v) is 2.85. The molecule has 0 saturated heterocycles. The molecule has 2 heterocycles. The fraction of sp³-hybridized carbons (Fsp3) is 0.294. The van der Waals surface area contributed by atoms with Gasteiger partial charge in [0.1, 0.15) is 11.8 Å². The van der Waals surface area contributed by atoms with E-state index in [1.165, 1.54) is 12.0 Å². The number of nitrogens with zero attached hydrogens (tertiary/aromatic N) is 1. The third-order valence-electron chi connectivity index (χ3n) is 3.96. The lowest BCUT2D eigenvalue weighted by Gasteiger charge is -2.35. The Kier molecular flexibility index (Phi) is 4.32. The second kappa shape index (κ2) is 6.56. The highest BCUT2D eigenvalue weighted by Crippen LogP contribution is 2.30. The predicted octanol–water partition coefficient (Wildman–Crippen LogP) is 2.26. The number of amides is 2. The Balaban J connectivity index is 1.84. The Morgan fingerprint density at radius 1 is 1.30 bits per heavy atom. The SMILES string of the molecule is COC(=O)N1CCc2ccccc2C1C(=O)NCc1ccco1. The van der Waals surface area contributed by atoms with Crippen LogP contribution in [0, 0.1) is 0 Å². The number of carbonyl (C=O) groups is 2. The van der Waals surface area contributed by atoms with Crippen LogP contribution >= 0.6 is 0 Å². The molecule has 1 N–H and O–H groups in total. The molecule has 0 radical (unpaired) electrons. The number of fused-ring (bicyclic) bond motifs is 1. The molecular weight excluding hydrogens is 296 g/mol. The predicted molar refractivity (Wildman–Crippen MR) is 82.6 cm³/mol. The molecule has 1 aromatic heterocycles. The van der Waals surface area contributed by atoms with Crippen molar-refractivity contribution in [2.45, 2.75) is 19.0 Å². The molecule has 1 unspecified atom stereocenters. The molecule has 2 aromatic rings. The van der Waals surface area contributed by atoms with Crippen molar-refractivity contribution < 1.29 is 18.7 Å². The minimum absolute atomic E-state index is 0.251. The first kappa shape index (κ1) is 15.1. The zero-order valence-electron chi connectivity index (χ0n) is 12.8. The van der Waals surface area contributed by atoms with Gasteiger partial charge in [-0.05, 0) is 29.7 Å². The van der Waals surface area contributed by atoms with E-state index in [1.54, 1.807) is 18.4 Å². The maximum Gasteiger partial charge on any atom is 0.410 e. The largest absolute Gasteiger partial charge is 0.467 e. The number of carbonyl (C=O) groups excluding carboxylic acids is 2. The van der Waals surface area contributed by atoms with Gasteiger partial charge in [0.15, 0.2) is 0 Å². The molecule has 2 amide bonds. The van der Waals surface area contributed by atoms with Gasteiger partial charge in [0.05, 0.1) is 19.9 Å². The number of methoxy groups -OCH3 is 1. The third-order valence-corrected chi connectivity index (χ3v) is 3.96. The summed E-state index contributed by atoms with van der Waals surface area (Å²) in [6.07, 6.45) is 1.75. The van der Waals surface area contributed by atoms with Crippen molar-refractivity contribution in [1.29, 1.82) is 0 Å².